The Morgan fingerprint density at radius 2 is 2.00 bits per heavy atom. The third-order valence-corrected chi connectivity index (χ3v) is 5.29. The van der Waals surface area contributed by atoms with Gasteiger partial charge in [-0.1, -0.05) is 6.58 Å². The van der Waals surface area contributed by atoms with Crippen molar-refractivity contribution >= 4 is 11.0 Å². The number of nitrogens with zero attached hydrogens (tertiary/aromatic N) is 3. The molecule has 1 aliphatic heterocycles. The fraction of sp³-hybridized carbons (Fsp3) is 0.217. The molecule has 0 unspecified atom stereocenters. The second-order valence-corrected chi connectivity index (χ2v) is 7.52. The molecule has 0 saturated carbocycles. The van der Waals surface area contributed by atoms with E-state index in [9.17, 15) is 0 Å². The maximum atomic E-state index is 6.04. The van der Waals surface area contributed by atoms with Crippen LogP contribution in [0.15, 0.2) is 67.0 Å². The zero-order chi connectivity index (χ0) is 20.5. The van der Waals surface area contributed by atoms with Gasteiger partial charge in [0.05, 0.1) is 36.5 Å². The summed E-state index contributed by atoms with van der Waals surface area (Å²) in [5.74, 6) is 2.44. The van der Waals surface area contributed by atoms with Crippen molar-refractivity contribution in [3.8, 4) is 22.8 Å². The minimum Gasteiger partial charge on any atom is -0.457 e. The predicted octanol–water partition coefficient (Wildman–Crippen LogP) is 4.48. The second-order valence-electron chi connectivity index (χ2n) is 7.52. The quantitative estimate of drug-likeness (QED) is 0.515. The fourth-order valence-electron chi connectivity index (χ4n) is 3.70. The number of imidazole rings is 1. The van der Waals surface area contributed by atoms with Crippen molar-refractivity contribution in [2.75, 3.05) is 13.2 Å². The SMILES string of the molecule is C=C1COC[C@H](C)N1Cc1nc2ccc(Oc3ccc(-c4ccn[nH]4)cc3)cc2[nH]1. The number of nitrogens with one attached hydrogen (secondary N) is 2. The number of fused-ring (bicyclic) bond motifs is 1. The van der Waals surface area contributed by atoms with Gasteiger partial charge in [0.1, 0.15) is 17.3 Å². The molecule has 2 N–H and O–H groups in total. The van der Waals surface area contributed by atoms with Crippen LogP contribution in [-0.2, 0) is 11.3 Å². The maximum absolute atomic E-state index is 6.04. The van der Waals surface area contributed by atoms with Crippen LogP contribution in [0.25, 0.3) is 22.3 Å². The standard InChI is InChI=1S/C23H23N5O2/c1-15-13-29-14-16(2)28(15)12-23-25-21-8-7-19(11-22(21)26-23)30-18-5-3-17(4-6-18)20-9-10-24-27-20/h3-11,16H,1,12-14H2,2H3,(H,24,27)(H,25,26)/t16-/m0/s1. The highest BCUT2D eigenvalue weighted by atomic mass is 16.5. The Labute approximate surface area is 174 Å². The number of hydrogen-bond donors (Lipinski definition) is 2. The van der Waals surface area contributed by atoms with Gasteiger partial charge in [-0.2, -0.15) is 5.10 Å². The highest BCUT2D eigenvalue weighted by Crippen LogP contribution is 2.27. The van der Waals surface area contributed by atoms with Gasteiger partial charge in [-0.3, -0.25) is 5.10 Å². The summed E-state index contributed by atoms with van der Waals surface area (Å²) < 4.78 is 11.6. The normalized spacial score (nSPS) is 16.9. The Morgan fingerprint density at radius 3 is 2.77 bits per heavy atom. The van der Waals surface area contributed by atoms with Crippen LogP contribution in [0.3, 0.4) is 0 Å². The molecular weight excluding hydrogens is 378 g/mol. The highest BCUT2D eigenvalue weighted by Gasteiger charge is 2.22. The van der Waals surface area contributed by atoms with Gasteiger partial charge >= 0.3 is 0 Å². The number of rotatable bonds is 5. The average Bonchev–Trinajstić information content (AvgIpc) is 3.41. The van der Waals surface area contributed by atoms with Crippen molar-refractivity contribution in [1.82, 2.24) is 25.1 Å². The molecule has 5 rings (SSSR count). The van der Waals surface area contributed by atoms with Crippen LogP contribution in [0.5, 0.6) is 11.5 Å². The summed E-state index contributed by atoms with van der Waals surface area (Å²) in [4.78, 5) is 10.4. The first-order valence-electron chi connectivity index (χ1n) is 9.94. The first kappa shape index (κ1) is 18.4. The van der Waals surface area contributed by atoms with E-state index in [2.05, 4.69) is 33.6 Å². The Morgan fingerprint density at radius 1 is 1.17 bits per heavy atom. The smallest absolute Gasteiger partial charge is 0.129 e. The molecule has 4 aromatic rings. The molecule has 0 aliphatic carbocycles. The van der Waals surface area contributed by atoms with Crippen LogP contribution < -0.4 is 4.74 Å². The van der Waals surface area contributed by atoms with Gasteiger partial charge in [-0.25, -0.2) is 4.98 Å². The van der Waals surface area contributed by atoms with Crippen LogP contribution in [0.2, 0.25) is 0 Å². The monoisotopic (exact) mass is 401 g/mol. The number of aromatic amines is 2. The van der Waals surface area contributed by atoms with Crippen molar-refractivity contribution < 1.29 is 9.47 Å². The molecule has 1 aliphatic rings. The van der Waals surface area contributed by atoms with E-state index in [4.69, 9.17) is 14.5 Å². The van der Waals surface area contributed by atoms with Crippen LogP contribution in [0.4, 0.5) is 0 Å². The van der Waals surface area contributed by atoms with Crippen LogP contribution in [0, 0.1) is 0 Å². The van der Waals surface area contributed by atoms with E-state index < -0.39 is 0 Å². The van der Waals surface area contributed by atoms with Crippen molar-refractivity contribution in [3.05, 3.63) is 72.8 Å². The summed E-state index contributed by atoms with van der Waals surface area (Å²) in [6.45, 7) is 8.21. The first-order valence-corrected chi connectivity index (χ1v) is 9.94. The molecule has 0 bridgehead atoms. The lowest BCUT2D eigenvalue weighted by molar-refractivity contribution is 0.0308. The Bertz CT molecular complexity index is 1160. The summed E-state index contributed by atoms with van der Waals surface area (Å²) in [7, 11) is 0. The molecule has 30 heavy (non-hydrogen) atoms. The highest BCUT2D eigenvalue weighted by molar-refractivity contribution is 5.77. The molecule has 0 amide bonds. The molecule has 7 nitrogen and oxygen atoms in total. The summed E-state index contributed by atoms with van der Waals surface area (Å²) in [5, 5.41) is 6.95. The van der Waals surface area contributed by atoms with Crippen LogP contribution >= 0.6 is 0 Å². The predicted molar refractivity (Wildman–Crippen MR) is 115 cm³/mol. The number of hydrogen-bond acceptors (Lipinski definition) is 5. The Kier molecular flexibility index (Phi) is 4.72. The van der Waals surface area contributed by atoms with Gasteiger partial charge in [0.2, 0.25) is 0 Å². The number of H-pyrrole nitrogens is 2. The van der Waals surface area contributed by atoms with E-state index in [0.29, 0.717) is 19.8 Å². The largest absolute Gasteiger partial charge is 0.457 e. The van der Waals surface area contributed by atoms with Gasteiger partial charge in [-0.15, -0.1) is 0 Å². The third-order valence-electron chi connectivity index (χ3n) is 5.29. The molecular formula is C23H23N5O2. The average molecular weight is 401 g/mol. The zero-order valence-electron chi connectivity index (χ0n) is 16.8. The van der Waals surface area contributed by atoms with E-state index in [1.165, 1.54) is 0 Å². The van der Waals surface area contributed by atoms with Gasteiger partial charge in [0.15, 0.2) is 0 Å². The number of benzene rings is 2. The van der Waals surface area contributed by atoms with Gasteiger partial charge in [0, 0.05) is 24.0 Å². The molecule has 2 aromatic heterocycles. The summed E-state index contributed by atoms with van der Waals surface area (Å²) in [5.41, 5.74) is 4.89. The number of aromatic nitrogens is 4. The minimum atomic E-state index is 0.281. The van der Waals surface area contributed by atoms with E-state index >= 15 is 0 Å². The second kappa shape index (κ2) is 7.68. The van der Waals surface area contributed by atoms with E-state index in [1.807, 2.05) is 48.5 Å². The van der Waals surface area contributed by atoms with E-state index in [-0.39, 0.29) is 6.04 Å². The lowest BCUT2D eigenvalue weighted by Gasteiger charge is -2.36. The molecule has 1 fully saturated rings. The van der Waals surface area contributed by atoms with E-state index in [1.54, 1.807) is 6.20 Å². The summed E-state index contributed by atoms with van der Waals surface area (Å²) in [6.07, 6.45) is 1.74. The molecule has 1 atom stereocenters. The van der Waals surface area contributed by atoms with Crippen molar-refractivity contribution in [3.63, 3.8) is 0 Å². The van der Waals surface area contributed by atoms with Gasteiger partial charge < -0.3 is 19.4 Å². The third kappa shape index (κ3) is 3.67. The zero-order valence-corrected chi connectivity index (χ0v) is 16.8. The van der Waals surface area contributed by atoms with Crippen LogP contribution in [0.1, 0.15) is 12.7 Å². The minimum absolute atomic E-state index is 0.281. The van der Waals surface area contributed by atoms with Crippen molar-refractivity contribution in [2.24, 2.45) is 0 Å². The van der Waals surface area contributed by atoms with Crippen LogP contribution in [-0.4, -0.2) is 44.3 Å². The van der Waals surface area contributed by atoms with E-state index in [0.717, 1.165) is 45.3 Å². The maximum Gasteiger partial charge on any atom is 0.129 e. The Balaban J connectivity index is 1.32. The summed E-state index contributed by atoms with van der Waals surface area (Å²) in [6, 6.07) is 16.0. The fourth-order valence-corrected chi connectivity index (χ4v) is 3.70. The topological polar surface area (TPSA) is 79.1 Å². The first-order chi connectivity index (χ1) is 14.7. The molecule has 0 spiro atoms. The lowest BCUT2D eigenvalue weighted by atomic mass is 10.1. The Hall–Kier alpha value is -3.58. The van der Waals surface area contributed by atoms with Crippen molar-refractivity contribution in [2.45, 2.75) is 19.5 Å². The number of morpholine rings is 1. The van der Waals surface area contributed by atoms with Gasteiger partial charge in [0.25, 0.3) is 0 Å². The number of ether oxygens (including phenoxy) is 2. The molecule has 0 radical (unpaired) electrons. The lowest BCUT2D eigenvalue weighted by Crippen LogP contribution is -2.41. The molecule has 2 aromatic carbocycles. The van der Waals surface area contributed by atoms with Crippen molar-refractivity contribution in [1.29, 1.82) is 0 Å². The molecule has 152 valence electrons. The van der Waals surface area contributed by atoms with Gasteiger partial charge in [-0.05, 0) is 55.0 Å². The molecule has 7 heteroatoms. The summed E-state index contributed by atoms with van der Waals surface area (Å²) >= 11 is 0. The molecule has 1 saturated heterocycles. The molecule has 3 heterocycles.